The lowest BCUT2D eigenvalue weighted by Gasteiger charge is -2.13. The quantitative estimate of drug-likeness (QED) is 0.512. The predicted molar refractivity (Wildman–Crippen MR) is 85.2 cm³/mol. The third kappa shape index (κ3) is 3.52. The fraction of sp³-hybridized carbons (Fsp3) is 0.0556. The number of carbonyl (C=O) groups is 1. The van der Waals surface area contributed by atoms with Crippen molar-refractivity contribution in [1.82, 2.24) is 0 Å². The molecule has 0 bridgehead atoms. The Bertz CT molecular complexity index is 899. The van der Waals surface area contributed by atoms with Crippen LogP contribution in [0, 0.1) is 0 Å². The van der Waals surface area contributed by atoms with Gasteiger partial charge in [-0.1, -0.05) is 48.5 Å². The molecule has 2 aromatic carbocycles. The summed E-state index contributed by atoms with van der Waals surface area (Å²) >= 11 is 0. The summed E-state index contributed by atoms with van der Waals surface area (Å²) in [6.07, 6.45) is 1.62. The molecule has 0 radical (unpaired) electrons. The highest BCUT2D eigenvalue weighted by molar-refractivity contribution is 5.92. The lowest BCUT2D eigenvalue weighted by molar-refractivity contribution is -0.122. The van der Waals surface area contributed by atoms with Gasteiger partial charge in [0.1, 0.15) is 17.6 Å². The molecule has 3 aromatic rings. The van der Waals surface area contributed by atoms with Crippen molar-refractivity contribution in [3.05, 3.63) is 82.7 Å². The number of para-hydroxylation sites is 1. The molecule has 1 aromatic heterocycles. The SMILES string of the molecule is O=C1N=[C-]OC1c1ccccc1.O=c1ccc2ccccc2o1. The highest BCUT2D eigenvalue weighted by Gasteiger charge is 2.14. The van der Waals surface area contributed by atoms with Crippen LogP contribution in [0.3, 0.4) is 0 Å². The van der Waals surface area contributed by atoms with Crippen molar-refractivity contribution in [2.45, 2.75) is 6.10 Å². The van der Waals surface area contributed by atoms with Gasteiger partial charge in [0.05, 0.1) is 0 Å². The third-order valence-electron chi connectivity index (χ3n) is 3.18. The number of aliphatic imine (C=N–C) groups is 1. The fourth-order valence-electron chi connectivity index (χ4n) is 2.08. The lowest BCUT2D eigenvalue weighted by atomic mass is 10.1. The second-order valence-electron chi connectivity index (χ2n) is 4.74. The van der Waals surface area contributed by atoms with Gasteiger partial charge in [-0.25, -0.2) is 4.79 Å². The van der Waals surface area contributed by atoms with Gasteiger partial charge in [0.25, 0.3) is 0 Å². The average molecular weight is 306 g/mol. The number of ether oxygens (including phenoxy) is 1. The van der Waals surface area contributed by atoms with E-state index in [2.05, 4.69) is 11.4 Å². The molecule has 0 aliphatic carbocycles. The highest BCUT2D eigenvalue weighted by Crippen LogP contribution is 2.20. The van der Waals surface area contributed by atoms with Gasteiger partial charge >= 0.3 is 5.63 Å². The summed E-state index contributed by atoms with van der Waals surface area (Å²) in [6.45, 7) is 0. The smallest absolute Gasteiger partial charge is 0.336 e. The zero-order valence-electron chi connectivity index (χ0n) is 12.0. The van der Waals surface area contributed by atoms with Crippen LogP contribution in [0.4, 0.5) is 0 Å². The molecule has 0 fully saturated rings. The Labute approximate surface area is 131 Å². The van der Waals surface area contributed by atoms with E-state index < -0.39 is 6.10 Å². The van der Waals surface area contributed by atoms with E-state index >= 15 is 0 Å². The van der Waals surface area contributed by atoms with Crippen LogP contribution in [0.5, 0.6) is 0 Å². The summed E-state index contributed by atoms with van der Waals surface area (Å²) in [5, 5.41) is 0.951. The number of carbonyl (C=O) groups excluding carboxylic acids is 1. The molecule has 1 aliphatic heterocycles. The van der Waals surface area contributed by atoms with E-state index in [4.69, 9.17) is 9.15 Å². The van der Waals surface area contributed by atoms with Gasteiger partial charge in [0.2, 0.25) is 0 Å². The van der Waals surface area contributed by atoms with Crippen LogP contribution in [-0.4, -0.2) is 12.3 Å². The third-order valence-corrected chi connectivity index (χ3v) is 3.18. The molecule has 23 heavy (non-hydrogen) atoms. The van der Waals surface area contributed by atoms with E-state index in [1.165, 1.54) is 6.07 Å². The summed E-state index contributed by atoms with van der Waals surface area (Å²) in [7, 11) is 0. The Hall–Kier alpha value is -3.21. The summed E-state index contributed by atoms with van der Waals surface area (Å²) in [4.78, 5) is 25.1. The Morgan fingerprint density at radius 2 is 1.61 bits per heavy atom. The van der Waals surface area contributed by atoms with Gasteiger partial charge in [-0.3, -0.25) is 0 Å². The Balaban J connectivity index is 0.000000136. The molecule has 5 heteroatoms. The molecule has 4 rings (SSSR count). The first-order valence-corrected chi connectivity index (χ1v) is 6.93. The van der Waals surface area contributed by atoms with Crippen LogP contribution >= 0.6 is 0 Å². The minimum absolute atomic E-state index is 0.291. The van der Waals surface area contributed by atoms with Crippen LogP contribution < -0.4 is 5.63 Å². The van der Waals surface area contributed by atoms with Crippen LogP contribution in [0.25, 0.3) is 11.0 Å². The van der Waals surface area contributed by atoms with E-state index in [9.17, 15) is 9.59 Å². The van der Waals surface area contributed by atoms with Crippen molar-refractivity contribution in [3.63, 3.8) is 0 Å². The van der Waals surface area contributed by atoms with Gasteiger partial charge in [-0.15, -0.1) is 0 Å². The van der Waals surface area contributed by atoms with E-state index in [1.54, 1.807) is 12.1 Å². The molecule has 0 saturated heterocycles. The maximum Gasteiger partial charge on any atom is 0.336 e. The maximum atomic E-state index is 11.0. The average Bonchev–Trinajstić information content (AvgIpc) is 3.02. The number of hydrogen-bond acceptors (Lipinski definition) is 4. The molecule has 1 atom stereocenters. The molecule has 114 valence electrons. The Morgan fingerprint density at radius 1 is 0.870 bits per heavy atom. The molecular formula is C18H12NO4-. The van der Waals surface area contributed by atoms with Crippen molar-refractivity contribution < 1.29 is 13.9 Å². The molecule has 1 amide bonds. The zero-order valence-corrected chi connectivity index (χ0v) is 12.0. The summed E-state index contributed by atoms with van der Waals surface area (Å²) < 4.78 is 9.79. The normalized spacial score (nSPS) is 15.8. The first-order chi connectivity index (χ1) is 11.2. The van der Waals surface area contributed by atoms with Crippen molar-refractivity contribution in [2.24, 2.45) is 4.99 Å². The number of hydrogen-bond donors (Lipinski definition) is 0. The topological polar surface area (TPSA) is 68.9 Å². The summed E-state index contributed by atoms with van der Waals surface area (Å²) in [5.74, 6) is -0.291. The van der Waals surface area contributed by atoms with Gasteiger partial charge in [-0.05, 0) is 17.7 Å². The molecule has 5 nitrogen and oxygen atoms in total. The van der Waals surface area contributed by atoms with Crippen molar-refractivity contribution in [3.8, 4) is 0 Å². The summed E-state index contributed by atoms with van der Waals surface area (Å²) in [6, 6.07) is 19.8. The first-order valence-electron chi connectivity index (χ1n) is 6.93. The van der Waals surface area contributed by atoms with E-state index in [-0.39, 0.29) is 11.5 Å². The number of benzene rings is 2. The second-order valence-corrected chi connectivity index (χ2v) is 4.74. The van der Waals surface area contributed by atoms with Crippen LogP contribution in [-0.2, 0) is 9.53 Å². The van der Waals surface area contributed by atoms with Crippen molar-refractivity contribution in [2.75, 3.05) is 0 Å². The van der Waals surface area contributed by atoms with Crippen LogP contribution in [0.2, 0.25) is 0 Å². The largest absolute Gasteiger partial charge is 0.573 e. The zero-order chi connectivity index (χ0) is 16.1. The standard InChI is InChI=1S/C9H6NO2.C9H6O2/c11-9-8(12-6-10-9)7-4-2-1-3-5-7;10-9-6-5-7-3-1-2-4-8(7)11-9/h1-5,8H;1-6H/q-1;. The van der Waals surface area contributed by atoms with Crippen LogP contribution in [0.15, 0.2) is 80.9 Å². The monoisotopic (exact) mass is 306 g/mol. The van der Waals surface area contributed by atoms with Crippen LogP contribution in [0.1, 0.15) is 11.7 Å². The predicted octanol–water partition coefficient (Wildman–Crippen LogP) is 2.98. The molecule has 0 saturated carbocycles. The molecule has 2 heterocycles. The molecular weight excluding hydrogens is 294 g/mol. The number of amides is 1. The van der Waals surface area contributed by atoms with Crippen molar-refractivity contribution >= 4 is 23.3 Å². The molecule has 1 aliphatic rings. The molecule has 1 unspecified atom stereocenters. The first kappa shape index (κ1) is 14.7. The number of nitrogens with zero attached hydrogens (tertiary/aromatic N) is 1. The highest BCUT2D eigenvalue weighted by atomic mass is 16.5. The minimum Gasteiger partial charge on any atom is -0.573 e. The molecule has 0 spiro atoms. The minimum atomic E-state index is -0.578. The van der Waals surface area contributed by atoms with Gasteiger partial charge in [0, 0.05) is 17.9 Å². The van der Waals surface area contributed by atoms with Gasteiger partial charge in [0.15, 0.2) is 0 Å². The maximum absolute atomic E-state index is 11.0. The number of fused-ring (bicyclic) bond motifs is 1. The van der Waals surface area contributed by atoms with E-state index in [0.29, 0.717) is 5.58 Å². The lowest BCUT2D eigenvalue weighted by Crippen LogP contribution is -2.05. The fourth-order valence-corrected chi connectivity index (χ4v) is 2.08. The van der Waals surface area contributed by atoms with Gasteiger partial charge < -0.3 is 18.9 Å². The number of rotatable bonds is 1. The van der Waals surface area contributed by atoms with E-state index in [0.717, 1.165) is 10.9 Å². The Morgan fingerprint density at radius 3 is 2.35 bits per heavy atom. The molecule has 0 N–H and O–H groups in total. The van der Waals surface area contributed by atoms with Gasteiger partial charge in [-0.2, -0.15) is 0 Å². The van der Waals surface area contributed by atoms with Crippen molar-refractivity contribution in [1.29, 1.82) is 0 Å². The van der Waals surface area contributed by atoms with E-state index in [1.807, 2.05) is 48.5 Å². The second kappa shape index (κ2) is 6.70. The Kier molecular flexibility index (Phi) is 4.29. The summed E-state index contributed by atoms with van der Waals surface area (Å²) in [5.41, 5.74) is 1.15.